The van der Waals surface area contributed by atoms with Crippen molar-refractivity contribution in [1.82, 2.24) is 20.1 Å². The minimum absolute atomic E-state index is 0.00320. The SMILES string of the molecule is C=CCn1c(SCC(=O)N[C@H]2CCC[C@H](C)[C@H]2C)nnc1-c1ccccc1F. The molecule has 1 aliphatic carbocycles. The van der Waals surface area contributed by atoms with E-state index >= 15 is 0 Å². The predicted octanol–water partition coefficient (Wildman–Crippen LogP) is 4.30. The number of halogens is 1. The van der Waals surface area contributed by atoms with E-state index in [1.54, 1.807) is 28.8 Å². The number of aromatic nitrogens is 3. The Morgan fingerprint density at radius 2 is 2.14 bits per heavy atom. The van der Waals surface area contributed by atoms with Gasteiger partial charge in [-0.1, -0.05) is 56.7 Å². The van der Waals surface area contributed by atoms with Crippen LogP contribution in [0, 0.1) is 17.7 Å². The number of benzene rings is 1. The van der Waals surface area contributed by atoms with Crippen molar-refractivity contribution in [3.63, 3.8) is 0 Å². The summed E-state index contributed by atoms with van der Waals surface area (Å²) in [6.45, 7) is 8.67. The first kappa shape index (κ1) is 20.6. The van der Waals surface area contributed by atoms with E-state index in [-0.39, 0.29) is 23.5 Å². The molecule has 1 aliphatic rings. The number of carbonyl (C=O) groups is 1. The van der Waals surface area contributed by atoms with Crippen molar-refractivity contribution < 1.29 is 9.18 Å². The lowest BCUT2D eigenvalue weighted by atomic mass is 9.78. The third-order valence-corrected chi connectivity index (χ3v) is 6.50. The third-order valence-electron chi connectivity index (χ3n) is 5.53. The Morgan fingerprint density at radius 3 is 2.89 bits per heavy atom. The molecule has 1 aromatic heterocycles. The van der Waals surface area contributed by atoms with Crippen LogP contribution in [0.15, 0.2) is 42.1 Å². The minimum atomic E-state index is -0.352. The van der Waals surface area contributed by atoms with Gasteiger partial charge in [-0.3, -0.25) is 9.36 Å². The van der Waals surface area contributed by atoms with Crippen molar-refractivity contribution in [2.24, 2.45) is 11.8 Å². The van der Waals surface area contributed by atoms with Crippen LogP contribution in [0.1, 0.15) is 33.1 Å². The first-order valence-electron chi connectivity index (χ1n) is 9.72. The number of hydrogen-bond donors (Lipinski definition) is 1. The van der Waals surface area contributed by atoms with E-state index in [0.29, 0.717) is 34.9 Å². The molecule has 0 bridgehead atoms. The number of rotatable bonds is 7. The summed E-state index contributed by atoms with van der Waals surface area (Å²) in [6, 6.07) is 6.70. The van der Waals surface area contributed by atoms with Gasteiger partial charge in [0, 0.05) is 12.6 Å². The Kier molecular flexibility index (Phi) is 6.88. The molecule has 0 unspecified atom stereocenters. The maximum Gasteiger partial charge on any atom is 0.230 e. The Labute approximate surface area is 169 Å². The molecule has 0 aliphatic heterocycles. The molecule has 1 amide bonds. The lowest BCUT2D eigenvalue weighted by Crippen LogP contribution is -2.44. The highest BCUT2D eigenvalue weighted by Crippen LogP contribution is 2.30. The van der Waals surface area contributed by atoms with Crippen molar-refractivity contribution in [2.75, 3.05) is 5.75 Å². The van der Waals surface area contributed by atoms with Crippen LogP contribution in [0.25, 0.3) is 11.4 Å². The molecule has 3 atom stereocenters. The first-order chi connectivity index (χ1) is 13.5. The Morgan fingerprint density at radius 1 is 1.36 bits per heavy atom. The van der Waals surface area contributed by atoms with Gasteiger partial charge in [0.1, 0.15) is 5.82 Å². The maximum atomic E-state index is 14.2. The molecule has 1 heterocycles. The van der Waals surface area contributed by atoms with Gasteiger partial charge in [-0.15, -0.1) is 16.8 Å². The lowest BCUT2D eigenvalue weighted by molar-refractivity contribution is -0.120. The number of nitrogens with zero attached hydrogens (tertiary/aromatic N) is 3. The summed E-state index contributed by atoms with van der Waals surface area (Å²) in [7, 11) is 0. The molecular formula is C21H27FN4OS. The van der Waals surface area contributed by atoms with E-state index < -0.39 is 0 Å². The second-order valence-corrected chi connectivity index (χ2v) is 8.36. The number of hydrogen-bond acceptors (Lipinski definition) is 4. The fraction of sp³-hybridized carbons (Fsp3) is 0.476. The van der Waals surface area contributed by atoms with Crippen molar-refractivity contribution in [2.45, 2.75) is 50.9 Å². The van der Waals surface area contributed by atoms with E-state index in [1.807, 2.05) is 0 Å². The van der Waals surface area contributed by atoms with Crippen LogP contribution in [0.4, 0.5) is 4.39 Å². The van der Waals surface area contributed by atoms with Crippen molar-refractivity contribution in [1.29, 1.82) is 0 Å². The first-order valence-corrected chi connectivity index (χ1v) is 10.7. The molecule has 1 fully saturated rings. The molecule has 0 saturated heterocycles. The maximum absolute atomic E-state index is 14.2. The third kappa shape index (κ3) is 4.63. The van der Waals surface area contributed by atoms with E-state index in [0.717, 1.165) is 12.8 Å². The highest BCUT2D eigenvalue weighted by atomic mass is 32.2. The van der Waals surface area contributed by atoms with Crippen molar-refractivity contribution >= 4 is 17.7 Å². The normalized spacial score (nSPS) is 22.0. The molecule has 1 N–H and O–H groups in total. The highest BCUT2D eigenvalue weighted by molar-refractivity contribution is 7.99. The molecular weight excluding hydrogens is 375 g/mol. The van der Waals surface area contributed by atoms with Crippen molar-refractivity contribution in [3.05, 3.63) is 42.7 Å². The second-order valence-electron chi connectivity index (χ2n) is 7.42. The van der Waals surface area contributed by atoms with Crippen LogP contribution in [-0.4, -0.2) is 32.5 Å². The molecule has 3 rings (SSSR count). The number of nitrogens with one attached hydrogen (secondary N) is 1. The Bertz CT molecular complexity index is 838. The number of thioether (sulfide) groups is 1. The van der Waals surface area contributed by atoms with Gasteiger partial charge >= 0.3 is 0 Å². The summed E-state index contributed by atoms with van der Waals surface area (Å²) in [5.41, 5.74) is 0.387. The van der Waals surface area contributed by atoms with Crippen LogP contribution in [0.5, 0.6) is 0 Å². The minimum Gasteiger partial charge on any atom is -0.352 e. The number of carbonyl (C=O) groups excluding carboxylic acids is 1. The molecule has 28 heavy (non-hydrogen) atoms. The van der Waals surface area contributed by atoms with Crippen LogP contribution in [-0.2, 0) is 11.3 Å². The summed E-state index contributed by atoms with van der Waals surface area (Å²) in [5.74, 6) is 1.46. The smallest absolute Gasteiger partial charge is 0.230 e. The van der Waals surface area contributed by atoms with Gasteiger partial charge in [0.05, 0.1) is 11.3 Å². The predicted molar refractivity (Wildman–Crippen MR) is 110 cm³/mol. The van der Waals surface area contributed by atoms with Gasteiger partial charge in [0.15, 0.2) is 11.0 Å². The van der Waals surface area contributed by atoms with Gasteiger partial charge in [-0.2, -0.15) is 0 Å². The molecule has 1 aromatic carbocycles. The molecule has 0 spiro atoms. The van der Waals surface area contributed by atoms with Crippen molar-refractivity contribution in [3.8, 4) is 11.4 Å². The molecule has 0 radical (unpaired) electrons. The summed E-state index contributed by atoms with van der Waals surface area (Å²) in [5, 5.41) is 12.1. The quantitative estimate of drug-likeness (QED) is 0.554. The van der Waals surface area contributed by atoms with Gasteiger partial charge in [-0.05, 0) is 30.4 Å². The largest absolute Gasteiger partial charge is 0.352 e. The average molecular weight is 403 g/mol. The van der Waals surface area contributed by atoms with Gasteiger partial charge in [-0.25, -0.2) is 4.39 Å². The number of amides is 1. The summed E-state index contributed by atoms with van der Waals surface area (Å²) in [6.07, 6.45) is 5.13. The molecule has 7 heteroatoms. The second kappa shape index (κ2) is 9.37. The number of allylic oxidation sites excluding steroid dienone is 1. The van der Waals surface area contributed by atoms with E-state index in [2.05, 4.69) is 35.9 Å². The standard InChI is InChI=1S/C21H27FN4OS/c1-4-12-26-20(16-9-5-6-10-17(16)22)24-25-21(26)28-13-19(27)23-18-11-7-8-14(2)15(18)3/h4-6,9-10,14-15,18H,1,7-8,11-13H2,2-3H3,(H,23,27)/t14-,15+,18-/m0/s1. The van der Waals surface area contributed by atoms with E-state index in [4.69, 9.17) is 0 Å². The average Bonchev–Trinajstić information content (AvgIpc) is 3.07. The zero-order valence-electron chi connectivity index (χ0n) is 16.4. The molecule has 150 valence electrons. The van der Waals surface area contributed by atoms with Crippen LogP contribution in [0.3, 0.4) is 0 Å². The zero-order valence-corrected chi connectivity index (χ0v) is 17.2. The van der Waals surface area contributed by atoms with Crippen LogP contribution in [0.2, 0.25) is 0 Å². The lowest BCUT2D eigenvalue weighted by Gasteiger charge is -2.34. The van der Waals surface area contributed by atoms with Crippen LogP contribution < -0.4 is 5.32 Å². The molecule has 2 aromatic rings. The monoisotopic (exact) mass is 402 g/mol. The molecule has 1 saturated carbocycles. The Hall–Kier alpha value is -2.15. The summed E-state index contributed by atoms with van der Waals surface area (Å²) in [4.78, 5) is 12.5. The molecule has 5 nitrogen and oxygen atoms in total. The Balaban J connectivity index is 1.68. The highest BCUT2D eigenvalue weighted by Gasteiger charge is 2.28. The topological polar surface area (TPSA) is 59.8 Å². The van der Waals surface area contributed by atoms with Gasteiger partial charge < -0.3 is 5.32 Å². The van der Waals surface area contributed by atoms with Gasteiger partial charge in [0.2, 0.25) is 5.91 Å². The van der Waals surface area contributed by atoms with Crippen LogP contribution >= 0.6 is 11.8 Å². The zero-order chi connectivity index (χ0) is 20.1. The fourth-order valence-electron chi connectivity index (χ4n) is 3.70. The summed E-state index contributed by atoms with van der Waals surface area (Å²) >= 11 is 1.31. The van der Waals surface area contributed by atoms with Gasteiger partial charge in [0.25, 0.3) is 0 Å². The fourth-order valence-corrected chi connectivity index (χ4v) is 4.45. The van der Waals surface area contributed by atoms with E-state index in [1.165, 1.54) is 24.2 Å². The summed E-state index contributed by atoms with van der Waals surface area (Å²) < 4.78 is 16.0. The van der Waals surface area contributed by atoms with E-state index in [9.17, 15) is 9.18 Å².